The molecule has 0 atom stereocenters. The van der Waals surface area contributed by atoms with E-state index in [1.165, 1.54) is 6.07 Å². The van der Waals surface area contributed by atoms with Gasteiger partial charge in [-0.05, 0) is 32.4 Å². The van der Waals surface area contributed by atoms with Crippen LogP contribution in [-0.4, -0.2) is 24.3 Å². The zero-order valence-electron chi connectivity index (χ0n) is 12.1. The minimum Gasteiger partial charge on any atom is -0.482 e. The topological polar surface area (TPSA) is 34.2 Å². The van der Waals surface area contributed by atoms with Crippen molar-refractivity contribution in [3.05, 3.63) is 29.5 Å². The Hall–Kier alpha value is -1.98. The summed E-state index contributed by atoms with van der Waals surface area (Å²) in [6, 6.07) is 5.00. The Morgan fingerprint density at radius 1 is 1.24 bits per heavy atom. The van der Waals surface area contributed by atoms with Gasteiger partial charge in [-0.25, -0.2) is 4.98 Å². The molecular weight excluding hydrogens is 281 g/mol. The van der Waals surface area contributed by atoms with Gasteiger partial charge in [-0.15, -0.1) is 0 Å². The van der Waals surface area contributed by atoms with E-state index >= 15 is 0 Å². The lowest BCUT2D eigenvalue weighted by atomic mass is 10.1. The monoisotopic (exact) mass is 298 g/mol. The number of pyridine rings is 1. The number of halogens is 3. The van der Waals surface area contributed by atoms with Gasteiger partial charge in [-0.2, -0.15) is 13.2 Å². The van der Waals surface area contributed by atoms with Crippen molar-refractivity contribution in [3.63, 3.8) is 0 Å². The van der Waals surface area contributed by atoms with Gasteiger partial charge in [0.1, 0.15) is 11.3 Å². The first-order valence-corrected chi connectivity index (χ1v) is 6.67. The lowest BCUT2D eigenvalue weighted by Gasteiger charge is -2.16. The van der Waals surface area contributed by atoms with E-state index in [1.54, 1.807) is 6.07 Å². The van der Waals surface area contributed by atoms with E-state index in [2.05, 4.69) is 10.3 Å². The molecule has 0 saturated heterocycles. The third-order valence-corrected chi connectivity index (χ3v) is 3.21. The standard InChI is InChI=1S/C15H17F3N2O/c1-4-19-13-9(2)10(3)20-14-11(13)6-5-7-12(14)21-8-15(16,17)18/h5-7H,4,8H2,1-3H3,(H,19,20). The zero-order chi connectivity index (χ0) is 15.6. The fraction of sp³-hybridized carbons (Fsp3) is 0.400. The van der Waals surface area contributed by atoms with Gasteiger partial charge in [0, 0.05) is 23.3 Å². The van der Waals surface area contributed by atoms with Crippen LogP contribution in [0.25, 0.3) is 10.9 Å². The van der Waals surface area contributed by atoms with Crippen LogP contribution in [0, 0.1) is 13.8 Å². The Morgan fingerprint density at radius 2 is 1.95 bits per heavy atom. The van der Waals surface area contributed by atoms with Gasteiger partial charge < -0.3 is 10.1 Å². The molecule has 0 unspecified atom stereocenters. The molecule has 0 spiro atoms. The Labute approximate surface area is 121 Å². The first kappa shape index (κ1) is 15.4. The number of aromatic nitrogens is 1. The zero-order valence-corrected chi connectivity index (χ0v) is 12.1. The fourth-order valence-corrected chi connectivity index (χ4v) is 2.15. The summed E-state index contributed by atoms with van der Waals surface area (Å²) in [5, 5.41) is 4.00. The SMILES string of the molecule is CCNc1c(C)c(C)nc2c(OCC(F)(F)F)cccc12. The molecule has 2 aromatic rings. The van der Waals surface area contributed by atoms with Gasteiger partial charge in [-0.3, -0.25) is 0 Å². The van der Waals surface area contributed by atoms with Crippen molar-refractivity contribution in [2.75, 3.05) is 18.5 Å². The molecule has 0 bridgehead atoms. The molecule has 21 heavy (non-hydrogen) atoms. The minimum atomic E-state index is -4.37. The van der Waals surface area contributed by atoms with Crippen LogP contribution < -0.4 is 10.1 Å². The number of aryl methyl sites for hydroxylation is 1. The Balaban J connectivity index is 2.54. The van der Waals surface area contributed by atoms with E-state index in [4.69, 9.17) is 4.74 Å². The van der Waals surface area contributed by atoms with Crippen LogP contribution in [0.5, 0.6) is 5.75 Å². The van der Waals surface area contributed by atoms with Crippen LogP contribution >= 0.6 is 0 Å². The van der Waals surface area contributed by atoms with Crippen LogP contribution in [0.2, 0.25) is 0 Å². The molecule has 0 saturated carbocycles. The van der Waals surface area contributed by atoms with Crippen LogP contribution in [-0.2, 0) is 0 Å². The number of rotatable bonds is 4. The third kappa shape index (κ3) is 3.37. The quantitative estimate of drug-likeness (QED) is 0.917. The number of hydrogen-bond acceptors (Lipinski definition) is 3. The predicted molar refractivity (Wildman–Crippen MR) is 76.9 cm³/mol. The summed E-state index contributed by atoms with van der Waals surface area (Å²) in [7, 11) is 0. The van der Waals surface area contributed by atoms with Crippen LogP contribution in [0.4, 0.5) is 18.9 Å². The highest BCUT2D eigenvalue weighted by Crippen LogP contribution is 2.33. The van der Waals surface area contributed by atoms with E-state index in [1.807, 2.05) is 26.8 Å². The van der Waals surface area contributed by atoms with Gasteiger partial charge in [0.25, 0.3) is 0 Å². The molecule has 1 aromatic heterocycles. The highest BCUT2D eigenvalue weighted by atomic mass is 19.4. The highest BCUT2D eigenvalue weighted by molar-refractivity contribution is 5.96. The second-order valence-corrected chi connectivity index (χ2v) is 4.78. The molecule has 0 amide bonds. The first-order chi connectivity index (χ1) is 9.83. The van der Waals surface area contributed by atoms with E-state index < -0.39 is 12.8 Å². The number of hydrogen-bond donors (Lipinski definition) is 1. The normalized spacial score (nSPS) is 11.7. The average Bonchev–Trinajstić information content (AvgIpc) is 2.41. The maximum Gasteiger partial charge on any atom is 0.422 e. The van der Waals surface area contributed by atoms with Gasteiger partial charge in [-0.1, -0.05) is 12.1 Å². The number of fused-ring (bicyclic) bond motifs is 1. The smallest absolute Gasteiger partial charge is 0.422 e. The summed E-state index contributed by atoms with van der Waals surface area (Å²) in [5.41, 5.74) is 3.08. The summed E-state index contributed by atoms with van der Waals surface area (Å²) in [4.78, 5) is 4.39. The van der Waals surface area contributed by atoms with E-state index in [-0.39, 0.29) is 5.75 Å². The molecule has 2 rings (SSSR count). The van der Waals surface area contributed by atoms with Crippen molar-refractivity contribution < 1.29 is 17.9 Å². The Bertz CT molecular complexity index is 653. The average molecular weight is 298 g/mol. The van der Waals surface area contributed by atoms with Crippen molar-refractivity contribution in [3.8, 4) is 5.75 Å². The van der Waals surface area contributed by atoms with Crippen molar-refractivity contribution in [2.45, 2.75) is 26.9 Å². The van der Waals surface area contributed by atoms with Gasteiger partial charge in [0.15, 0.2) is 6.61 Å². The van der Waals surface area contributed by atoms with Gasteiger partial charge in [0.2, 0.25) is 0 Å². The number of benzene rings is 1. The van der Waals surface area contributed by atoms with E-state index in [9.17, 15) is 13.2 Å². The molecule has 3 nitrogen and oxygen atoms in total. The summed E-state index contributed by atoms with van der Waals surface area (Å²) in [6.45, 7) is 5.12. The van der Waals surface area contributed by atoms with Crippen LogP contribution in [0.3, 0.4) is 0 Å². The maximum atomic E-state index is 12.3. The van der Waals surface area contributed by atoms with Crippen molar-refractivity contribution in [1.29, 1.82) is 0 Å². The third-order valence-electron chi connectivity index (χ3n) is 3.21. The summed E-state index contributed by atoms with van der Waals surface area (Å²) in [5.74, 6) is 0.145. The van der Waals surface area contributed by atoms with E-state index in [0.29, 0.717) is 12.1 Å². The lowest BCUT2D eigenvalue weighted by Crippen LogP contribution is -2.19. The number of alkyl halides is 3. The molecule has 1 aromatic carbocycles. The largest absolute Gasteiger partial charge is 0.482 e. The highest BCUT2D eigenvalue weighted by Gasteiger charge is 2.29. The second kappa shape index (κ2) is 5.79. The molecule has 1 N–H and O–H groups in total. The van der Waals surface area contributed by atoms with Crippen molar-refractivity contribution in [1.82, 2.24) is 4.98 Å². The number of para-hydroxylation sites is 1. The molecular formula is C15H17F3N2O. The summed E-state index contributed by atoms with van der Waals surface area (Å²) < 4.78 is 41.9. The van der Waals surface area contributed by atoms with Crippen molar-refractivity contribution >= 4 is 16.6 Å². The number of nitrogens with zero attached hydrogens (tertiary/aromatic N) is 1. The fourth-order valence-electron chi connectivity index (χ4n) is 2.15. The number of nitrogens with one attached hydrogen (secondary N) is 1. The first-order valence-electron chi connectivity index (χ1n) is 6.67. The molecule has 0 radical (unpaired) electrons. The molecule has 6 heteroatoms. The summed E-state index contributed by atoms with van der Waals surface area (Å²) in [6.07, 6.45) is -4.37. The minimum absolute atomic E-state index is 0.145. The van der Waals surface area contributed by atoms with Crippen LogP contribution in [0.1, 0.15) is 18.2 Å². The molecule has 0 aliphatic rings. The predicted octanol–water partition coefficient (Wildman–Crippen LogP) is 4.22. The van der Waals surface area contributed by atoms with E-state index in [0.717, 1.165) is 22.3 Å². The van der Waals surface area contributed by atoms with Gasteiger partial charge in [0.05, 0.1) is 0 Å². The Morgan fingerprint density at radius 3 is 2.57 bits per heavy atom. The maximum absolute atomic E-state index is 12.3. The summed E-state index contributed by atoms with van der Waals surface area (Å²) >= 11 is 0. The second-order valence-electron chi connectivity index (χ2n) is 4.78. The Kier molecular flexibility index (Phi) is 4.25. The molecule has 0 aliphatic carbocycles. The number of ether oxygens (including phenoxy) is 1. The molecule has 1 heterocycles. The number of anilines is 1. The lowest BCUT2D eigenvalue weighted by molar-refractivity contribution is -0.153. The molecule has 0 aliphatic heterocycles. The molecule has 114 valence electrons. The molecule has 0 fully saturated rings. The van der Waals surface area contributed by atoms with Crippen molar-refractivity contribution in [2.24, 2.45) is 0 Å². The van der Waals surface area contributed by atoms with Gasteiger partial charge >= 0.3 is 6.18 Å². The van der Waals surface area contributed by atoms with Crippen LogP contribution in [0.15, 0.2) is 18.2 Å².